The number of rotatable bonds is 3. The van der Waals surface area contributed by atoms with Gasteiger partial charge in [0.25, 0.3) is 5.91 Å². The molecule has 1 fully saturated rings. The summed E-state index contributed by atoms with van der Waals surface area (Å²) < 4.78 is 12.0. The number of fused-ring (bicyclic) bond motifs is 1. The molecule has 0 aliphatic carbocycles. The van der Waals surface area contributed by atoms with Crippen molar-refractivity contribution in [2.24, 2.45) is 0 Å². The lowest BCUT2D eigenvalue weighted by molar-refractivity contribution is -0.115. The molecule has 21 heavy (non-hydrogen) atoms. The quantitative estimate of drug-likeness (QED) is 0.685. The summed E-state index contributed by atoms with van der Waals surface area (Å²) in [7, 11) is 0. The lowest BCUT2D eigenvalue weighted by Gasteiger charge is -2.10. The number of thioether (sulfide) groups is 1. The first-order chi connectivity index (χ1) is 10.1. The second-order valence-corrected chi connectivity index (χ2v) is 6.63. The Labute approximate surface area is 132 Å². The molecule has 0 spiro atoms. The zero-order valence-corrected chi connectivity index (χ0v) is 13.4. The summed E-state index contributed by atoms with van der Waals surface area (Å²) in [5.41, 5.74) is 1.99. The van der Waals surface area contributed by atoms with Gasteiger partial charge >= 0.3 is 0 Å². The number of carbonyl (C=O) groups is 1. The van der Waals surface area contributed by atoms with E-state index in [9.17, 15) is 4.79 Å². The van der Waals surface area contributed by atoms with Crippen LogP contribution in [0.25, 0.3) is 6.08 Å². The number of carbonyl (C=O) groups excluding carboxylic acids is 1. The zero-order valence-electron chi connectivity index (χ0n) is 11.8. The molecule has 2 aliphatic rings. The molecule has 0 saturated carbocycles. The maximum atomic E-state index is 11.8. The van der Waals surface area contributed by atoms with E-state index < -0.39 is 0 Å². The van der Waals surface area contributed by atoms with Crippen molar-refractivity contribution in [2.75, 3.05) is 6.61 Å². The van der Waals surface area contributed by atoms with E-state index in [-0.39, 0.29) is 12.0 Å². The first-order valence-electron chi connectivity index (χ1n) is 6.78. The molecule has 2 aliphatic heterocycles. The molecule has 1 N–H and O–H groups in total. The van der Waals surface area contributed by atoms with Crippen LogP contribution in [0, 0.1) is 0 Å². The minimum absolute atomic E-state index is 0.165. The number of benzene rings is 1. The molecule has 110 valence electrons. The molecule has 0 bridgehead atoms. The monoisotopic (exact) mass is 321 g/mol. The Balaban J connectivity index is 2.01. The second kappa shape index (κ2) is 5.69. The molecule has 3 rings (SSSR count). The van der Waals surface area contributed by atoms with Crippen LogP contribution in [0.15, 0.2) is 17.0 Å². The van der Waals surface area contributed by atoms with E-state index in [4.69, 9.17) is 21.7 Å². The minimum atomic E-state index is -0.165. The highest BCUT2D eigenvalue weighted by Crippen LogP contribution is 2.37. The second-order valence-electron chi connectivity index (χ2n) is 4.92. The van der Waals surface area contributed by atoms with Gasteiger partial charge in [-0.15, -0.1) is 0 Å². The van der Waals surface area contributed by atoms with Crippen molar-refractivity contribution >= 4 is 40.3 Å². The Morgan fingerprint density at radius 1 is 1.57 bits per heavy atom. The fourth-order valence-electron chi connectivity index (χ4n) is 2.41. The molecule has 1 aromatic rings. The molecule has 0 radical (unpaired) electrons. The first kappa shape index (κ1) is 14.4. The topological polar surface area (TPSA) is 47.6 Å². The van der Waals surface area contributed by atoms with Gasteiger partial charge in [-0.25, -0.2) is 0 Å². The summed E-state index contributed by atoms with van der Waals surface area (Å²) >= 11 is 6.27. The number of nitrogens with one attached hydrogen (secondary N) is 1. The number of hydrogen-bond acceptors (Lipinski definition) is 5. The van der Waals surface area contributed by atoms with Gasteiger partial charge in [0.1, 0.15) is 21.9 Å². The summed E-state index contributed by atoms with van der Waals surface area (Å²) in [5, 5.41) is 2.61. The lowest BCUT2D eigenvalue weighted by atomic mass is 10.1. The van der Waals surface area contributed by atoms with Crippen LogP contribution in [0.4, 0.5) is 0 Å². The Morgan fingerprint density at radius 2 is 2.38 bits per heavy atom. The molecule has 1 saturated heterocycles. The molecule has 6 heteroatoms. The van der Waals surface area contributed by atoms with E-state index in [2.05, 4.69) is 5.32 Å². The van der Waals surface area contributed by atoms with E-state index >= 15 is 0 Å². The smallest absolute Gasteiger partial charge is 0.263 e. The number of amides is 1. The predicted molar refractivity (Wildman–Crippen MR) is 87.7 cm³/mol. The van der Waals surface area contributed by atoms with Gasteiger partial charge in [0.05, 0.1) is 11.5 Å². The highest BCUT2D eigenvalue weighted by Gasteiger charge is 2.25. The Hall–Kier alpha value is -1.53. The zero-order chi connectivity index (χ0) is 15.0. The van der Waals surface area contributed by atoms with Crippen LogP contribution < -0.4 is 14.8 Å². The third-order valence-electron chi connectivity index (χ3n) is 3.26. The average Bonchev–Trinajstić information content (AvgIpc) is 2.91. The van der Waals surface area contributed by atoms with Crippen molar-refractivity contribution in [1.29, 1.82) is 0 Å². The van der Waals surface area contributed by atoms with Gasteiger partial charge in [0.2, 0.25) is 0 Å². The van der Waals surface area contributed by atoms with Crippen molar-refractivity contribution < 1.29 is 14.3 Å². The summed E-state index contributed by atoms with van der Waals surface area (Å²) in [6.07, 6.45) is 2.86. The molecule has 2 heterocycles. The van der Waals surface area contributed by atoms with Crippen LogP contribution in [0.3, 0.4) is 0 Å². The standard InChI is InChI=1S/C15H15NO3S2/c1-3-18-11-5-9-4-8(2)19-12(9)6-10(11)7-13-14(17)16-15(20)21-13/h5-8H,3-4H2,1-2H3,(H,16,17,20)/b13-7-. The Kier molecular flexibility index (Phi) is 3.91. The maximum Gasteiger partial charge on any atom is 0.263 e. The third kappa shape index (κ3) is 2.91. The van der Waals surface area contributed by atoms with Crippen molar-refractivity contribution in [3.63, 3.8) is 0 Å². The van der Waals surface area contributed by atoms with Gasteiger partial charge in [0, 0.05) is 17.5 Å². The van der Waals surface area contributed by atoms with E-state index in [1.54, 1.807) is 6.08 Å². The fraction of sp³-hybridized carbons (Fsp3) is 0.333. The highest BCUT2D eigenvalue weighted by atomic mass is 32.2. The Morgan fingerprint density at radius 3 is 3.05 bits per heavy atom. The third-order valence-corrected chi connectivity index (χ3v) is 4.42. The fourth-order valence-corrected chi connectivity index (χ4v) is 3.45. The van der Waals surface area contributed by atoms with Crippen LogP contribution in [-0.4, -0.2) is 22.9 Å². The van der Waals surface area contributed by atoms with E-state index in [1.165, 1.54) is 11.8 Å². The lowest BCUT2D eigenvalue weighted by Crippen LogP contribution is -2.17. The SMILES string of the molecule is CCOc1cc2c(cc1/C=C1\SC(=S)NC1=O)OC(C)C2. The van der Waals surface area contributed by atoms with E-state index in [1.807, 2.05) is 26.0 Å². The van der Waals surface area contributed by atoms with Crippen molar-refractivity contribution in [1.82, 2.24) is 5.32 Å². The van der Waals surface area contributed by atoms with Crippen LogP contribution in [0.5, 0.6) is 11.5 Å². The minimum Gasteiger partial charge on any atom is -0.493 e. The summed E-state index contributed by atoms with van der Waals surface area (Å²) in [6, 6.07) is 3.94. The van der Waals surface area contributed by atoms with Gasteiger partial charge in [-0.1, -0.05) is 24.0 Å². The van der Waals surface area contributed by atoms with Crippen LogP contribution >= 0.6 is 24.0 Å². The summed E-state index contributed by atoms with van der Waals surface area (Å²) in [4.78, 5) is 12.4. The average molecular weight is 321 g/mol. The van der Waals surface area contributed by atoms with Crippen LogP contribution in [0.2, 0.25) is 0 Å². The maximum absolute atomic E-state index is 11.8. The van der Waals surface area contributed by atoms with Gasteiger partial charge < -0.3 is 14.8 Å². The van der Waals surface area contributed by atoms with Crippen molar-refractivity contribution in [3.8, 4) is 11.5 Å². The van der Waals surface area contributed by atoms with E-state index in [0.717, 1.165) is 29.0 Å². The normalized spacial score (nSPS) is 22.2. The molecule has 1 atom stereocenters. The van der Waals surface area contributed by atoms with Crippen molar-refractivity contribution in [3.05, 3.63) is 28.2 Å². The van der Waals surface area contributed by atoms with Gasteiger partial charge in [0.15, 0.2) is 0 Å². The van der Waals surface area contributed by atoms with Crippen LogP contribution in [0.1, 0.15) is 25.0 Å². The first-order valence-corrected chi connectivity index (χ1v) is 8.00. The molecular formula is C15H15NO3S2. The van der Waals surface area contributed by atoms with E-state index in [0.29, 0.717) is 15.8 Å². The van der Waals surface area contributed by atoms with Gasteiger partial charge in [-0.05, 0) is 32.1 Å². The molecule has 1 unspecified atom stereocenters. The number of thiocarbonyl (C=S) groups is 1. The molecule has 1 amide bonds. The number of ether oxygens (including phenoxy) is 2. The molecule has 0 aromatic heterocycles. The predicted octanol–water partition coefficient (Wildman–Crippen LogP) is 2.90. The summed E-state index contributed by atoms with van der Waals surface area (Å²) in [5.74, 6) is 1.47. The van der Waals surface area contributed by atoms with Gasteiger partial charge in [-0.3, -0.25) is 4.79 Å². The highest BCUT2D eigenvalue weighted by molar-refractivity contribution is 8.26. The molecule has 4 nitrogen and oxygen atoms in total. The molecular weight excluding hydrogens is 306 g/mol. The molecule has 1 aromatic carbocycles. The van der Waals surface area contributed by atoms with Crippen molar-refractivity contribution in [2.45, 2.75) is 26.4 Å². The number of hydrogen-bond donors (Lipinski definition) is 1. The van der Waals surface area contributed by atoms with Crippen LogP contribution in [-0.2, 0) is 11.2 Å². The summed E-state index contributed by atoms with van der Waals surface area (Å²) in [6.45, 7) is 4.55. The van der Waals surface area contributed by atoms with Gasteiger partial charge in [-0.2, -0.15) is 0 Å². The largest absolute Gasteiger partial charge is 0.493 e. The Bertz CT molecular complexity index is 655.